The molecular weight excluding hydrogens is 266 g/mol. The van der Waals surface area contributed by atoms with E-state index >= 15 is 0 Å². The van der Waals surface area contributed by atoms with E-state index in [1.54, 1.807) is 12.1 Å². The van der Waals surface area contributed by atoms with Crippen molar-refractivity contribution < 1.29 is 14.6 Å². The molecule has 1 aromatic carbocycles. The molecule has 0 amide bonds. The molecule has 5 heteroatoms. The maximum atomic E-state index is 11.1. The van der Waals surface area contributed by atoms with E-state index in [1.165, 1.54) is 6.07 Å². The lowest BCUT2D eigenvalue weighted by molar-refractivity contribution is 0.0692. The number of carboxylic acids is 1. The maximum absolute atomic E-state index is 11.1. The number of nitrogens with zero attached hydrogens (tertiary/aromatic N) is 1. The lowest BCUT2D eigenvalue weighted by Gasteiger charge is -2.20. The number of hydrogen-bond acceptors (Lipinski definition) is 3. The molecule has 0 atom stereocenters. The summed E-state index contributed by atoms with van der Waals surface area (Å²) >= 11 is 5.77. The standard InChI is InChI=1S/C14H20ClNO3/c1-10(2)16(3)7-4-8-19-13-6-5-11(15)9-12(13)14(17)18/h5-6,9-10H,4,7-8H2,1-3H3,(H,17,18). The van der Waals surface area contributed by atoms with E-state index in [2.05, 4.69) is 25.8 Å². The van der Waals surface area contributed by atoms with E-state index < -0.39 is 5.97 Å². The third kappa shape index (κ3) is 5.09. The zero-order valence-corrected chi connectivity index (χ0v) is 12.3. The predicted octanol–water partition coefficient (Wildman–Crippen LogP) is 3.15. The van der Waals surface area contributed by atoms with Crippen LogP contribution in [-0.4, -0.2) is 42.2 Å². The Balaban J connectivity index is 2.52. The fourth-order valence-electron chi connectivity index (χ4n) is 1.55. The molecule has 0 aromatic heterocycles. The minimum atomic E-state index is -1.03. The fourth-order valence-corrected chi connectivity index (χ4v) is 1.72. The van der Waals surface area contributed by atoms with Gasteiger partial charge < -0.3 is 14.7 Å². The van der Waals surface area contributed by atoms with Crippen LogP contribution in [0.25, 0.3) is 0 Å². The molecule has 1 N–H and O–H groups in total. The maximum Gasteiger partial charge on any atom is 0.339 e. The van der Waals surface area contributed by atoms with Crippen LogP contribution in [0.4, 0.5) is 0 Å². The van der Waals surface area contributed by atoms with Crippen LogP contribution in [0.2, 0.25) is 5.02 Å². The predicted molar refractivity (Wildman–Crippen MR) is 76.3 cm³/mol. The van der Waals surface area contributed by atoms with Crippen LogP contribution in [0.3, 0.4) is 0 Å². The molecule has 1 aromatic rings. The molecule has 0 aliphatic heterocycles. The SMILES string of the molecule is CC(C)N(C)CCCOc1ccc(Cl)cc1C(=O)O. The van der Waals surface area contributed by atoms with Crippen molar-refractivity contribution in [3.63, 3.8) is 0 Å². The Morgan fingerprint density at radius 3 is 2.74 bits per heavy atom. The summed E-state index contributed by atoms with van der Waals surface area (Å²) in [7, 11) is 2.05. The largest absolute Gasteiger partial charge is 0.493 e. The van der Waals surface area contributed by atoms with Crippen molar-refractivity contribution in [1.82, 2.24) is 4.90 Å². The van der Waals surface area contributed by atoms with Crippen LogP contribution in [0.15, 0.2) is 18.2 Å². The zero-order valence-electron chi connectivity index (χ0n) is 11.5. The van der Waals surface area contributed by atoms with Gasteiger partial charge in [-0.1, -0.05) is 11.6 Å². The summed E-state index contributed by atoms with van der Waals surface area (Å²) in [5, 5.41) is 9.45. The van der Waals surface area contributed by atoms with Crippen molar-refractivity contribution in [2.45, 2.75) is 26.3 Å². The van der Waals surface area contributed by atoms with E-state index in [9.17, 15) is 4.79 Å². The molecule has 0 saturated carbocycles. The van der Waals surface area contributed by atoms with Crippen LogP contribution in [0.1, 0.15) is 30.6 Å². The number of carbonyl (C=O) groups is 1. The number of ether oxygens (including phenoxy) is 1. The molecule has 0 radical (unpaired) electrons. The third-order valence-corrected chi connectivity index (χ3v) is 3.20. The summed E-state index contributed by atoms with van der Waals surface area (Å²) in [6, 6.07) is 5.12. The van der Waals surface area contributed by atoms with Crippen molar-refractivity contribution in [1.29, 1.82) is 0 Å². The highest BCUT2D eigenvalue weighted by atomic mass is 35.5. The van der Waals surface area contributed by atoms with Crippen molar-refractivity contribution in [2.24, 2.45) is 0 Å². The normalized spacial score (nSPS) is 11.1. The zero-order chi connectivity index (χ0) is 14.4. The number of hydrogen-bond donors (Lipinski definition) is 1. The average molecular weight is 286 g/mol. The first-order valence-electron chi connectivity index (χ1n) is 6.27. The Morgan fingerprint density at radius 2 is 2.16 bits per heavy atom. The van der Waals surface area contributed by atoms with Crippen molar-refractivity contribution in [2.75, 3.05) is 20.2 Å². The van der Waals surface area contributed by atoms with Gasteiger partial charge in [-0.15, -0.1) is 0 Å². The number of halogens is 1. The second-order valence-corrected chi connectivity index (χ2v) is 5.16. The molecular formula is C14H20ClNO3. The van der Waals surface area contributed by atoms with Crippen LogP contribution in [0.5, 0.6) is 5.75 Å². The number of benzene rings is 1. The Bertz CT molecular complexity index is 435. The molecule has 1 rings (SSSR count). The molecule has 0 bridgehead atoms. The van der Waals surface area contributed by atoms with Gasteiger partial charge in [0.25, 0.3) is 0 Å². The van der Waals surface area contributed by atoms with Crippen LogP contribution >= 0.6 is 11.6 Å². The lowest BCUT2D eigenvalue weighted by Crippen LogP contribution is -2.28. The van der Waals surface area contributed by atoms with Gasteiger partial charge in [-0.2, -0.15) is 0 Å². The quantitative estimate of drug-likeness (QED) is 0.782. The number of carboxylic acid groups (broad SMARTS) is 1. The molecule has 0 aliphatic rings. The van der Waals surface area contributed by atoms with Crippen LogP contribution < -0.4 is 4.74 Å². The van der Waals surface area contributed by atoms with Crippen molar-refractivity contribution in [3.8, 4) is 5.75 Å². The van der Waals surface area contributed by atoms with Gasteiger partial charge in [0.15, 0.2) is 0 Å². The van der Waals surface area contributed by atoms with Gasteiger partial charge in [0.2, 0.25) is 0 Å². The monoisotopic (exact) mass is 285 g/mol. The number of rotatable bonds is 7. The topological polar surface area (TPSA) is 49.8 Å². The average Bonchev–Trinajstić information content (AvgIpc) is 2.35. The second kappa shape index (κ2) is 7.36. The van der Waals surface area contributed by atoms with Gasteiger partial charge >= 0.3 is 5.97 Å². The van der Waals surface area contributed by atoms with E-state index in [1.807, 2.05) is 0 Å². The highest BCUT2D eigenvalue weighted by molar-refractivity contribution is 6.31. The molecule has 19 heavy (non-hydrogen) atoms. The molecule has 0 fully saturated rings. The van der Waals surface area contributed by atoms with Gasteiger partial charge in [-0.05, 0) is 45.5 Å². The summed E-state index contributed by atoms with van der Waals surface area (Å²) in [4.78, 5) is 13.3. The second-order valence-electron chi connectivity index (χ2n) is 4.72. The Kier molecular flexibility index (Phi) is 6.12. The summed E-state index contributed by atoms with van der Waals surface area (Å²) in [5.74, 6) is -0.666. The lowest BCUT2D eigenvalue weighted by atomic mass is 10.2. The van der Waals surface area contributed by atoms with Gasteiger partial charge in [-0.25, -0.2) is 4.79 Å². The van der Waals surface area contributed by atoms with Crippen molar-refractivity contribution >= 4 is 17.6 Å². The Morgan fingerprint density at radius 1 is 1.47 bits per heavy atom. The first-order valence-corrected chi connectivity index (χ1v) is 6.65. The summed E-state index contributed by atoms with van der Waals surface area (Å²) in [6.45, 7) is 5.65. The van der Waals surface area contributed by atoms with Gasteiger partial charge in [0.05, 0.1) is 6.61 Å². The first kappa shape index (κ1) is 15.8. The molecule has 0 spiro atoms. The van der Waals surface area contributed by atoms with Gasteiger partial charge in [0.1, 0.15) is 11.3 Å². The minimum absolute atomic E-state index is 0.102. The Hall–Kier alpha value is -1.26. The highest BCUT2D eigenvalue weighted by Gasteiger charge is 2.12. The van der Waals surface area contributed by atoms with Gasteiger partial charge in [0, 0.05) is 17.6 Å². The molecule has 0 aliphatic carbocycles. The van der Waals surface area contributed by atoms with Gasteiger partial charge in [-0.3, -0.25) is 0 Å². The van der Waals surface area contributed by atoms with E-state index in [4.69, 9.17) is 21.4 Å². The number of aromatic carboxylic acids is 1. The molecule has 0 unspecified atom stereocenters. The fraction of sp³-hybridized carbons (Fsp3) is 0.500. The minimum Gasteiger partial charge on any atom is -0.493 e. The van der Waals surface area contributed by atoms with E-state index in [-0.39, 0.29) is 5.56 Å². The van der Waals surface area contributed by atoms with Crippen LogP contribution in [0, 0.1) is 0 Å². The van der Waals surface area contributed by atoms with Crippen LogP contribution in [-0.2, 0) is 0 Å². The first-order chi connectivity index (χ1) is 8.91. The summed E-state index contributed by atoms with van der Waals surface area (Å²) in [6.07, 6.45) is 0.844. The van der Waals surface area contributed by atoms with E-state index in [0.29, 0.717) is 23.4 Å². The summed E-state index contributed by atoms with van der Waals surface area (Å²) in [5.41, 5.74) is 0.102. The molecule has 0 saturated heterocycles. The highest BCUT2D eigenvalue weighted by Crippen LogP contribution is 2.23. The smallest absolute Gasteiger partial charge is 0.339 e. The molecule has 0 heterocycles. The summed E-state index contributed by atoms with van der Waals surface area (Å²) < 4.78 is 5.52. The molecule has 106 valence electrons. The Labute approximate surface area is 118 Å². The van der Waals surface area contributed by atoms with Crippen molar-refractivity contribution in [3.05, 3.63) is 28.8 Å². The van der Waals surface area contributed by atoms with E-state index in [0.717, 1.165) is 13.0 Å². The molecule has 4 nitrogen and oxygen atoms in total. The third-order valence-electron chi connectivity index (χ3n) is 2.97.